The minimum absolute atomic E-state index is 0.0735. The van der Waals surface area contributed by atoms with Gasteiger partial charge in [0.05, 0.1) is 6.42 Å². The van der Waals surface area contributed by atoms with Gasteiger partial charge in [-0.2, -0.15) is 0 Å². The Morgan fingerprint density at radius 1 is 1.40 bits per heavy atom. The van der Waals surface area contributed by atoms with E-state index in [-0.39, 0.29) is 38.3 Å². The second kappa shape index (κ2) is 7.40. The van der Waals surface area contributed by atoms with E-state index in [2.05, 4.69) is 5.32 Å². The zero-order chi connectivity index (χ0) is 15.2. The van der Waals surface area contributed by atoms with Gasteiger partial charge in [0.25, 0.3) is 0 Å². The van der Waals surface area contributed by atoms with Crippen molar-refractivity contribution in [1.29, 1.82) is 0 Å². The number of nitrogens with zero attached hydrogens (tertiary/aromatic N) is 1. The van der Waals surface area contributed by atoms with Crippen LogP contribution in [0.15, 0.2) is 0 Å². The molecule has 2 amide bonds. The summed E-state index contributed by atoms with van der Waals surface area (Å²) >= 11 is 0. The van der Waals surface area contributed by atoms with Crippen LogP contribution in [-0.4, -0.2) is 48.1 Å². The lowest BCUT2D eigenvalue weighted by Gasteiger charge is -2.22. The van der Waals surface area contributed by atoms with Crippen LogP contribution < -0.4 is 5.32 Å². The third-order valence-electron chi connectivity index (χ3n) is 3.54. The van der Waals surface area contributed by atoms with Crippen molar-refractivity contribution in [1.82, 2.24) is 10.2 Å². The van der Waals surface area contributed by atoms with Crippen molar-refractivity contribution in [3.8, 4) is 0 Å². The molecular formula is C13H22F2N2O3. The molecule has 1 unspecified atom stereocenters. The van der Waals surface area contributed by atoms with Crippen molar-refractivity contribution in [2.45, 2.75) is 44.4 Å². The SMILES string of the molecule is CN(CCC(=O)O)C(=O)NCC1CCCCC(F)(F)C1. The number of carbonyl (C=O) groups is 2. The van der Waals surface area contributed by atoms with E-state index in [0.29, 0.717) is 12.8 Å². The highest BCUT2D eigenvalue weighted by Gasteiger charge is 2.34. The van der Waals surface area contributed by atoms with Crippen LogP contribution in [0.25, 0.3) is 0 Å². The van der Waals surface area contributed by atoms with E-state index < -0.39 is 17.9 Å². The first-order valence-corrected chi connectivity index (χ1v) is 6.89. The zero-order valence-electron chi connectivity index (χ0n) is 11.7. The summed E-state index contributed by atoms with van der Waals surface area (Å²) in [5, 5.41) is 11.1. The number of urea groups is 1. The summed E-state index contributed by atoms with van der Waals surface area (Å²) in [5.41, 5.74) is 0. The number of nitrogens with one attached hydrogen (secondary N) is 1. The Morgan fingerprint density at radius 3 is 2.75 bits per heavy atom. The molecule has 0 saturated heterocycles. The highest BCUT2D eigenvalue weighted by Crippen LogP contribution is 2.34. The molecule has 0 aromatic carbocycles. The molecule has 0 heterocycles. The first kappa shape index (κ1) is 16.7. The summed E-state index contributed by atoms with van der Waals surface area (Å²) in [6.45, 7) is 0.313. The molecule has 116 valence electrons. The fourth-order valence-electron chi connectivity index (χ4n) is 2.35. The van der Waals surface area contributed by atoms with Gasteiger partial charge < -0.3 is 15.3 Å². The van der Waals surface area contributed by atoms with E-state index in [1.165, 1.54) is 11.9 Å². The van der Waals surface area contributed by atoms with Crippen LogP contribution in [0.5, 0.6) is 0 Å². The molecule has 1 aliphatic carbocycles. The molecule has 0 aromatic rings. The molecule has 1 saturated carbocycles. The van der Waals surface area contributed by atoms with E-state index in [4.69, 9.17) is 5.11 Å². The van der Waals surface area contributed by atoms with Crippen molar-refractivity contribution < 1.29 is 23.5 Å². The molecule has 0 spiro atoms. The van der Waals surface area contributed by atoms with Crippen LogP contribution in [0.2, 0.25) is 0 Å². The molecule has 1 aliphatic rings. The maximum absolute atomic E-state index is 13.4. The number of hydrogen-bond acceptors (Lipinski definition) is 2. The predicted molar refractivity (Wildman–Crippen MR) is 69.8 cm³/mol. The van der Waals surface area contributed by atoms with Gasteiger partial charge in [0.15, 0.2) is 0 Å². The Hall–Kier alpha value is -1.40. The standard InChI is InChI=1S/C13H22F2N2O3/c1-17(7-5-11(18)19)12(20)16-9-10-4-2-3-6-13(14,15)8-10/h10H,2-9H2,1H3,(H,16,20)(H,18,19). The summed E-state index contributed by atoms with van der Waals surface area (Å²) in [4.78, 5) is 23.3. The normalized spacial score (nSPS) is 21.9. The lowest BCUT2D eigenvalue weighted by molar-refractivity contribution is -0.137. The molecular weight excluding hydrogens is 270 g/mol. The van der Waals surface area contributed by atoms with Crippen molar-refractivity contribution >= 4 is 12.0 Å². The second-order valence-electron chi connectivity index (χ2n) is 5.42. The van der Waals surface area contributed by atoms with Gasteiger partial charge in [-0.05, 0) is 18.8 Å². The Bertz CT molecular complexity index is 351. The Labute approximate surface area is 117 Å². The molecule has 0 aliphatic heterocycles. The number of carbonyl (C=O) groups excluding carboxylic acids is 1. The molecule has 7 heteroatoms. The number of amides is 2. The van der Waals surface area contributed by atoms with Gasteiger partial charge in [-0.25, -0.2) is 13.6 Å². The van der Waals surface area contributed by atoms with Crippen LogP contribution in [0.4, 0.5) is 13.6 Å². The van der Waals surface area contributed by atoms with Crippen LogP contribution in [0.3, 0.4) is 0 Å². The third-order valence-corrected chi connectivity index (χ3v) is 3.54. The number of carboxylic acids is 1. The van der Waals surface area contributed by atoms with Gasteiger partial charge in [-0.15, -0.1) is 0 Å². The quantitative estimate of drug-likeness (QED) is 0.764. The van der Waals surface area contributed by atoms with E-state index in [9.17, 15) is 18.4 Å². The average Bonchev–Trinajstić information content (AvgIpc) is 2.53. The van der Waals surface area contributed by atoms with Gasteiger partial charge >= 0.3 is 12.0 Å². The maximum atomic E-state index is 13.4. The number of aliphatic carboxylic acids is 1. The highest BCUT2D eigenvalue weighted by molar-refractivity contribution is 5.74. The first-order chi connectivity index (χ1) is 9.30. The minimum atomic E-state index is -2.64. The van der Waals surface area contributed by atoms with Crippen LogP contribution in [-0.2, 0) is 4.79 Å². The van der Waals surface area contributed by atoms with Crippen LogP contribution >= 0.6 is 0 Å². The summed E-state index contributed by atoms with van der Waals surface area (Å²) in [6, 6.07) is -0.418. The lowest BCUT2D eigenvalue weighted by atomic mass is 9.99. The van der Waals surface area contributed by atoms with Gasteiger partial charge in [0.1, 0.15) is 0 Å². The van der Waals surface area contributed by atoms with Gasteiger partial charge in [0.2, 0.25) is 5.92 Å². The van der Waals surface area contributed by atoms with E-state index in [1.54, 1.807) is 0 Å². The summed E-state index contributed by atoms with van der Waals surface area (Å²) in [6.07, 6.45) is 1.57. The molecule has 1 atom stereocenters. The predicted octanol–water partition coefficient (Wildman–Crippen LogP) is 2.32. The van der Waals surface area contributed by atoms with Crippen molar-refractivity contribution in [3.63, 3.8) is 0 Å². The molecule has 0 bridgehead atoms. The molecule has 0 aromatic heterocycles. The van der Waals surface area contributed by atoms with Crippen LogP contribution in [0.1, 0.15) is 38.5 Å². The van der Waals surface area contributed by atoms with Crippen molar-refractivity contribution in [2.24, 2.45) is 5.92 Å². The fraction of sp³-hybridized carbons (Fsp3) is 0.846. The number of rotatable bonds is 5. The van der Waals surface area contributed by atoms with E-state index in [0.717, 1.165) is 6.42 Å². The zero-order valence-corrected chi connectivity index (χ0v) is 11.7. The number of alkyl halides is 2. The second-order valence-corrected chi connectivity index (χ2v) is 5.42. The summed E-state index contributed by atoms with van der Waals surface area (Å²) < 4.78 is 26.8. The third kappa shape index (κ3) is 6.16. The maximum Gasteiger partial charge on any atom is 0.317 e. The first-order valence-electron chi connectivity index (χ1n) is 6.89. The molecule has 20 heavy (non-hydrogen) atoms. The summed E-state index contributed by atoms with van der Waals surface area (Å²) in [5.74, 6) is -3.83. The number of hydrogen-bond donors (Lipinski definition) is 2. The minimum Gasteiger partial charge on any atom is -0.481 e. The Morgan fingerprint density at radius 2 is 2.10 bits per heavy atom. The van der Waals surface area contributed by atoms with E-state index in [1.807, 2.05) is 0 Å². The topological polar surface area (TPSA) is 69.6 Å². The highest BCUT2D eigenvalue weighted by atomic mass is 19.3. The number of carboxylic acid groups (broad SMARTS) is 1. The van der Waals surface area contributed by atoms with Crippen LogP contribution in [0, 0.1) is 5.92 Å². The van der Waals surface area contributed by atoms with Crippen molar-refractivity contribution in [3.05, 3.63) is 0 Å². The van der Waals surface area contributed by atoms with Crippen molar-refractivity contribution in [2.75, 3.05) is 20.1 Å². The monoisotopic (exact) mass is 292 g/mol. The molecule has 5 nitrogen and oxygen atoms in total. The lowest BCUT2D eigenvalue weighted by Crippen LogP contribution is -2.41. The van der Waals surface area contributed by atoms with Gasteiger partial charge in [-0.3, -0.25) is 4.79 Å². The average molecular weight is 292 g/mol. The smallest absolute Gasteiger partial charge is 0.317 e. The van der Waals surface area contributed by atoms with E-state index >= 15 is 0 Å². The molecule has 1 rings (SSSR count). The molecule has 2 N–H and O–H groups in total. The Kier molecular flexibility index (Phi) is 6.16. The van der Waals surface area contributed by atoms with Gasteiger partial charge in [0, 0.05) is 33.0 Å². The van der Waals surface area contributed by atoms with Gasteiger partial charge in [-0.1, -0.05) is 6.42 Å². The molecule has 0 radical (unpaired) electrons. The fourth-order valence-corrected chi connectivity index (χ4v) is 2.35. The number of halogens is 2. The largest absolute Gasteiger partial charge is 0.481 e. The Balaban J connectivity index is 2.34. The summed E-state index contributed by atoms with van der Waals surface area (Å²) in [7, 11) is 1.49. The molecule has 1 fully saturated rings.